The fraction of sp³-hybridized carbons (Fsp3) is 0.464. The van der Waals surface area contributed by atoms with E-state index in [4.69, 9.17) is 0 Å². The molecule has 3 atom stereocenters. The maximum atomic E-state index is 13.2. The van der Waals surface area contributed by atoms with E-state index in [0.29, 0.717) is 42.0 Å². The number of nitrogens with one attached hydrogen (secondary N) is 3. The number of rotatable bonds is 10. The summed E-state index contributed by atoms with van der Waals surface area (Å²) in [5.74, 6) is 5.47. The van der Waals surface area contributed by atoms with Crippen molar-refractivity contribution in [2.45, 2.75) is 63.5 Å². The second-order valence-corrected chi connectivity index (χ2v) is 9.72. The number of carbonyl (C=O) groups is 1. The first kappa shape index (κ1) is 26.1. The molecule has 0 radical (unpaired) electrons. The monoisotopic (exact) mass is 501 g/mol. The van der Waals surface area contributed by atoms with Gasteiger partial charge >= 0.3 is 0 Å². The summed E-state index contributed by atoms with van der Waals surface area (Å²) in [6.07, 6.45) is 9.85. The number of fused-ring (bicyclic) bond motifs is 1. The second-order valence-electron chi connectivity index (χ2n) is 9.72. The Morgan fingerprint density at radius 3 is 2.57 bits per heavy atom. The maximum absolute atomic E-state index is 13.2. The fourth-order valence-electron chi connectivity index (χ4n) is 5.29. The molecule has 2 aliphatic rings. The number of nitrogens with zero attached hydrogens (tertiary/aromatic N) is 2. The van der Waals surface area contributed by atoms with E-state index in [-0.39, 0.29) is 17.3 Å². The molecule has 192 valence electrons. The highest BCUT2D eigenvalue weighted by molar-refractivity contribution is 5.94. The van der Waals surface area contributed by atoms with Crippen molar-refractivity contribution >= 4 is 34.8 Å². The van der Waals surface area contributed by atoms with Gasteiger partial charge in [-0.15, -0.1) is 0 Å². The molecule has 4 rings (SSSR count). The fourth-order valence-corrected chi connectivity index (χ4v) is 5.29. The SMILES string of the molecule is O=C=CC(C[C@@H]1CCNC1=C=O)NC(=C=O)C(CC1CCCCC1)NC(=O)c1cnc2ccccc2n1. The Hall–Kier alpha value is -4.02. The number of hydrogen-bond donors (Lipinski definition) is 3. The number of para-hydroxylation sites is 2. The van der Waals surface area contributed by atoms with Crippen molar-refractivity contribution in [1.82, 2.24) is 25.9 Å². The van der Waals surface area contributed by atoms with Crippen LogP contribution in [-0.4, -0.2) is 52.3 Å². The molecule has 1 saturated carbocycles. The van der Waals surface area contributed by atoms with E-state index in [1.54, 1.807) is 12.0 Å². The predicted molar refractivity (Wildman–Crippen MR) is 138 cm³/mol. The molecule has 1 amide bonds. The first-order chi connectivity index (χ1) is 18.1. The molecule has 1 aliphatic heterocycles. The summed E-state index contributed by atoms with van der Waals surface area (Å²) in [5, 5.41) is 9.07. The summed E-state index contributed by atoms with van der Waals surface area (Å²) in [7, 11) is 0. The van der Waals surface area contributed by atoms with Crippen LogP contribution in [0.1, 0.15) is 61.9 Å². The van der Waals surface area contributed by atoms with E-state index in [2.05, 4.69) is 25.9 Å². The highest BCUT2D eigenvalue weighted by atomic mass is 16.2. The van der Waals surface area contributed by atoms with Gasteiger partial charge in [-0.2, -0.15) is 0 Å². The summed E-state index contributed by atoms with van der Waals surface area (Å²) in [4.78, 5) is 56.7. The van der Waals surface area contributed by atoms with Gasteiger partial charge in [0.05, 0.1) is 35.0 Å². The van der Waals surface area contributed by atoms with Gasteiger partial charge in [-0.05, 0) is 37.3 Å². The first-order valence-corrected chi connectivity index (χ1v) is 12.8. The zero-order valence-electron chi connectivity index (χ0n) is 20.7. The highest BCUT2D eigenvalue weighted by Crippen LogP contribution is 2.29. The third-order valence-electron chi connectivity index (χ3n) is 7.21. The summed E-state index contributed by atoms with van der Waals surface area (Å²) < 4.78 is 0. The molecule has 1 aliphatic carbocycles. The van der Waals surface area contributed by atoms with Crippen molar-refractivity contribution in [3.63, 3.8) is 0 Å². The van der Waals surface area contributed by atoms with Crippen LogP contribution < -0.4 is 16.0 Å². The minimum absolute atomic E-state index is 0.119. The van der Waals surface area contributed by atoms with Crippen molar-refractivity contribution in [2.75, 3.05) is 6.54 Å². The summed E-state index contributed by atoms with van der Waals surface area (Å²) in [5.41, 5.74) is 2.06. The van der Waals surface area contributed by atoms with E-state index in [1.807, 2.05) is 30.1 Å². The average Bonchev–Trinajstić information content (AvgIpc) is 3.38. The van der Waals surface area contributed by atoms with Gasteiger partial charge in [0.25, 0.3) is 5.91 Å². The van der Waals surface area contributed by atoms with Crippen LogP contribution in [0.2, 0.25) is 0 Å². The van der Waals surface area contributed by atoms with Crippen LogP contribution in [0.25, 0.3) is 11.0 Å². The lowest BCUT2D eigenvalue weighted by Gasteiger charge is -2.29. The number of carbonyl (C=O) groups excluding carboxylic acids is 4. The van der Waals surface area contributed by atoms with Gasteiger partial charge in [-0.25, -0.2) is 19.4 Å². The molecule has 2 unspecified atom stereocenters. The normalized spacial score (nSPS) is 19.0. The molecule has 9 nitrogen and oxygen atoms in total. The Balaban J connectivity index is 1.54. The third-order valence-corrected chi connectivity index (χ3v) is 7.21. The molecule has 2 fully saturated rings. The van der Waals surface area contributed by atoms with E-state index < -0.39 is 18.0 Å². The summed E-state index contributed by atoms with van der Waals surface area (Å²) in [6.45, 7) is 0.649. The number of hydrogen-bond acceptors (Lipinski definition) is 8. The van der Waals surface area contributed by atoms with Crippen LogP contribution >= 0.6 is 0 Å². The Labute approximate surface area is 215 Å². The molecule has 1 aromatic carbocycles. The molecule has 2 aromatic rings. The minimum Gasteiger partial charge on any atom is -0.379 e. The topological polar surface area (TPSA) is 130 Å². The molecule has 0 spiro atoms. The number of amides is 1. The zero-order chi connectivity index (χ0) is 26.0. The average molecular weight is 502 g/mol. The first-order valence-electron chi connectivity index (χ1n) is 12.8. The van der Waals surface area contributed by atoms with Crippen molar-refractivity contribution in [2.24, 2.45) is 11.8 Å². The van der Waals surface area contributed by atoms with Gasteiger partial charge in [0.15, 0.2) is 0 Å². The van der Waals surface area contributed by atoms with Crippen molar-refractivity contribution in [1.29, 1.82) is 0 Å². The molecule has 1 aromatic heterocycles. The Bertz CT molecular complexity index is 1270. The van der Waals surface area contributed by atoms with Crippen LogP contribution in [0, 0.1) is 11.8 Å². The van der Waals surface area contributed by atoms with E-state index in [9.17, 15) is 19.2 Å². The van der Waals surface area contributed by atoms with Gasteiger partial charge in [-0.3, -0.25) is 9.78 Å². The summed E-state index contributed by atoms with van der Waals surface area (Å²) in [6, 6.07) is 6.07. The zero-order valence-corrected chi connectivity index (χ0v) is 20.7. The van der Waals surface area contributed by atoms with Gasteiger partial charge < -0.3 is 16.0 Å². The lowest BCUT2D eigenvalue weighted by molar-refractivity contribution is 0.0929. The van der Waals surface area contributed by atoms with Gasteiger partial charge in [0, 0.05) is 18.5 Å². The van der Waals surface area contributed by atoms with E-state index >= 15 is 0 Å². The van der Waals surface area contributed by atoms with Crippen LogP contribution in [-0.2, 0) is 14.4 Å². The second kappa shape index (κ2) is 12.8. The van der Waals surface area contributed by atoms with Crippen LogP contribution in [0.5, 0.6) is 0 Å². The molecule has 37 heavy (non-hydrogen) atoms. The smallest absolute Gasteiger partial charge is 0.272 e. The molecule has 9 heteroatoms. The lowest BCUT2D eigenvalue weighted by Crippen LogP contribution is -2.45. The molecule has 2 heterocycles. The predicted octanol–water partition coefficient (Wildman–Crippen LogP) is 2.48. The minimum atomic E-state index is -0.647. The lowest BCUT2D eigenvalue weighted by atomic mass is 9.84. The highest BCUT2D eigenvalue weighted by Gasteiger charge is 2.29. The van der Waals surface area contributed by atoms with Gasteiger partial charge in [0.2, 0.25) is 0 Å². The van der Waals surface area contributed by atoms with Crippen LogP contribution in [0.4, 0.5) is 0 Å². The number of allylic oxidation sites excluding steroid dienone is 1. The Morgan fingerprint density at radius 1 is 1.05 bits per heavy atom. The third kappa shape index (κ3) is 6.81. The molecule has 0 bridgehead atoms. The Kier molecular flexibility index (Phi) is 9.01. The quantitative estimate of drug-likeness (QED) is 0.424. The largest absolute Gasteiger partial charge is 0.379 e. The van der Waals surface area contributed by atoms with Crippen molar-refractivity contribution < 1.29 is 19.2 Å². The van der Waals surface area contributed by atoms with Crippen LogP contribution in [0.3, 0.4) is 0 Å². The summed E-state index contributed by atoms with van der Waals surface area (Å²) >= 11 is 0. The van der Waals surface area contributed by atoms with Crippen molar-refractivity contribution in [3.05, 3.63) is 53.6 Å². The van der Waals surface area contributed by atoms with E-state index in [0.717, 1.165) is 32.1 Å². The number of aromatic nitrogens is 2. The molecular weight excluding hydrogens is 470 g/mol. The molecular formula is C28H31N5O4. The maximum Gasteiger partial charge on any atom is 0.272 e. The van der Waals surface area contributed by atoms with Crippen LogP contribution in [0.15, 0.2) is 47.9 Å². The van der Waals surface area contributed by atoms with Gasteiger partial charge in [-0.1, -0.05) is 44.2 Å². The molecule has 1 saturated heterocycles. The number of benzene rings is 1. The molecule has 3 N–H and O–H groups in total. The standard InChI is InChI=1S/C28H31N5O4/c34-13-11-21(15-20-10-12-29-26(20)17-35)31-27(18-36)24(14-19-6-2-1-3-7-19)33-28(37)25-16-30-22-8-4-5-9-23(22)32-25/h4-5,8-9,11,16,19-21,24,29,31H,1-3,6-7,10,12,14-15H2,(H,33,37)/t20-,21?,24?/m0/s1. The van der Waals surface area contributed by atoms with Crippen molar-refractivity contribution in [3.8, 4) is 0 Å². The van der Waals surface area contributed by atoms with E-state index in [1.165, 1.54) is 18.7 Å². The van der Waals surface area contributed by atoms with Gasteiger partial charge in [0.1, 0.15) is 29.2 Å². The Morgan fingerprint density at radius 2 is 1.84 bits per heavy atom.